The zero-order valence-corrected chi connectivity index (χ0v) is 12.9. The van der Waals surface area contributed by atoms with Crippen molar-refractivity contribution in [1.82, 2.24) is 0 Å². The molecular weight excluding hydrogens is 292 g/mol. The average Bonchev–Trinajstić information content (AvgIpc) is 3.48. The van der Waals surface area contributed by atoms with Gasteiger partial charge in [-0.2, -0.15) is 0 Å². The molecule has 2 saturated heterocycles. The highest BCUT2D eigenvalue weighted by atomic mass is 16.6. The van der Waals surface area contributed by atoms with E-state index in [0.29, 0.717) is 25.4 Å². The highest BCUT2D eigenvalue weighted by Crippen LogP contribution is 2.20. The maximum atomic E-state index is 5.65. The minimum Gasteiger partial charge on any atom is -0.491 e. The summed E-state index contributed by atoms with van der Waals surface area (Å²) in [6.07, 6.45) is 1.49. The summed E-state index contributed by atoms with van der Waals surface area (Å²) >= 11 is 0. The number of hydrogen-bond acceptors (Lipinski definition) is 4. The number of epoxide rings is 2. The molecule has 4 rings (SSSR count). The molecule has 0 unspecified atom stereocenters. The van der Waals surface area contributed by atoms with Crippen LogP contribution >= 0.6 is 0 Å². The molecule has 0 aromatic heterocycles. The molecule has 0 saturated carbocycles. The Bertz CT molecular complexity index is 570. The summed E-state index contributed by atoms with van der Waals surface area (Å²) < 4.78 is 21.6. The Morgan fingerprint density at radius 2 is 1.09 bits per heavy atom. The van der Waals surface area contributed by atoms with Gasteiger partial charge in [0.15, 0.2) is 0 Å². The molecule has 23 heavy (non-hydrogen) atoms. The second-order valence-corrected chi connectivity index (χ2v) is 6.00. The number of rotatable bonds is 8. The SMILES string of the molecule is c1cc(OC[C@@H]2CO2)ccc1Cc1ccc(OC[C@H]2CO2)cc1. The van der Waals surface area contributed by atoms with Crippen LogP contribution in [0.25, 0.3) is 0 Å². The predicted octanol–water partition coefficient (Wildman–Crippen LogP) is 2.83. The lowest BCUT2D eigenvalue weighted by molar-refractivity contribution is 0.263. The number of ether oxygens (including phenoxy) is 4. The van der Waals surface area contributed by atoms with E-state index >= 15 is 0 Å². The van der Waals surface area contributed by atoms with Gasteiger partial charge in [0.05, 0.1) is 13.2 Å². The Balaban J connectivity index is 1.29. The van der Waals surface area contributed by atoms with Gasteiger partial charge in [0.25, 0.3) is 0 Å². The lowest BCUT2D eigenvalue weighted by Gasteiger charge is -2.07. The van der Waals surface area contributed by atoms with Gasteiger partial charge in [0.1, 0.15) is 36.9 Å². The molecule has 0 bridgehead atoms. The molecule has 4 nitrogen and oxygen atoms in total. The van der Waals surface area contributed by atoms with Crippen LogP contribution in [-0.4, -0.2) is 38.6 Å². The van der Waals surface area contributed by atoms with Crippen molar-refractivity contribution >= 4 is 0 Å². The largest absolute Gasteiger partial charge is 0.491 e. The van der Waals surface area contributed by atoms with Crippen molar-refractivity contribution in [3.8, 4) is 11.5 Å². The molecule has 2 aromatic rings. The number of hydrogen-bond donors (Lipinski definition) is 0. The van der Waals surface area contributed by atoms with Gasteiger partial charge in [0, 0.05) is 0 Å². The average molecular weight is 312 g/mol. The highest BCUT2D eigenvalue weighted by Gasteiger charge is 2.23. The molecule has 0 amide bonds. The topological polar surface area (TPSA) is 43.5 Å². The van der Waals surface area contributed by atoms with Crippen molar-refractivity contribution in [2.45, 2.75) is 18.6 Å². The van der Waals surface area contributed by atoms with Crippen molar-refractivity contribution in [2.75, 3.05) is 26.4 Å². The highest BCUT2D eigenvalue weighted by molar-refractivity contribution is 5.34. The Kier molecular flexibility index (Phi) is 4.18. The summed E-state index contributed by atoms with van der Waals surface area (Å²) in [6, 6.07) is 16.5. The molecule has 2 aliphatic heterocycles. The smallest absolute Gasteiger partial charge is 0.119 e. The van der Waals surface area contributed by atoms with Gasteiger partial charge in [0.2, 0.25) is 0 Å². The van der Waals surface area contributed by atoms with E-state index < -0.39 is 0 Å². The van der Waals surface area contributed by atoms with E-state index in [9.17, 15) is 0 Å². The van der Waals surface area contributed by atoms with E-state index in [1.165, 1.54) is 11.1 Å². The van der Waals surface area contributed by atoms with Crippen LogP contribution in [0.5, 0.6) is 11.5 Å². The summed E-state index contributed by atoms with van der Waals surface area (Å²) in [5.41, 5.74) is 2.53. The minimum atomic E-state index is 0.293. The van der Waals surface area contributed by atoms with Crippen LogP contribution in [0.15, 0.2) is 48.5 Å². The van der Waals surface area contributed by atoms with Gasteiger partial charge >= 0.3 is 0 Å². The molecule has 120 valence electrons. The molecule has 0 radical (unpaired) electrons. The third-order valence-electron chi connectivity index (χ3n) is 3.93. The summed E-state index contributed by atoms with van der Waals surface area (Å²) in [5, 5.41) is 0. The van der Waals surface area contributed by atoms with Crippen molar-refractivity contribution < 1.29 is 18.9 Å². The first kappa shape index (κ1) is 14.5. The second kappa shape index (κ2) is 6.60. The van der Waals surface area contributed by atoms with Crippen LogP contribution < -0.4 is 9.47 Å². The Morgan fingerprint density at radius 1 is 0.696 bits per heavy atom. The Morgan fingerprint density at radius 3 is 1.43 bits per heavy atom. The van der Waals surface area contributed by atoms with Crippen LogP contribution in [0, 0.1) is 0 Å². The predicted molar refractivity (Wildman–Crippen MR) is 86.2 cm³/mol. The lowest BCUT2D eigenvalue weighted by Crippen LogP contribution is -2.04. The number of benzene rings is 2. The van der Waals surface area contributed by atoms with Gasteiger partial charge in [-0.05, 0) is 41.8 Å². The Hall–Kier alpha value is -2.04. The molecule has 0 aliphatic carbocycles. The third kappa shape index (κ3) is 4.47. The first-order valence-corrected chi connectivity index (χ1v) is 8.02. The van der Waals surface area contributed by atoms with Gasteiger partial charge in [-0.25, -0.2) is 0 Å². The van der Waals surface area contributed by atoms with Crippen LogP contribution in [0.2, 0.25) is 0 Å². The molecule has 2 fully saturated rings. The van der Waals surface area contributed by atoms with E-state index in [-0.39, 0.29) is 0 Å². The third-order valence-corrected chi connectivity index (χ3v) is 3.93. The summed E-state index contributed by atoms with van der Waals surface area (Å²) in [4.78, 5) is 0. The van der Waals surface area contributed by atoms with E-state index in [1.807, 2.05) is 24.3 Å². The molecule has 4 heteroatoms. The molecule has 0 spiro atoms. The van der Waals surface area contributed by atoms with Gasteiger partial charge in [-0.15, -0.1) is 0 Å². The lowest BCUT2D eigenvalue weighted by atomic mass is 10.0. The van der Waals surface area contributed by atoms with Crippen molar-refractivity contribution in [2.24, 2.45) is 0 Å². The van der Waals surface area contributed by atoms with Gasteiger partial charge < -0.3 is 18.9 Å². The molecule has 2 aliphatic rings. The van der Waals surface area contributed by atoms with Crippen molar-refractivity contribution in [1.29, 1.82) is 0 Å². The minimum absolute atomic E-state index is 0.293. The van der Waals surface area contributed by atoms with E-state index in [0.717, 1.165) is 31.1 Å². The first-order chi connectivity index (χ1) is 11.3. The maximum Gasteiger partial charge on any atom is 0.119 e. The van der Waals surface area contributed by atoms with Gasteiger partial charge in [-0.3, -0.25) is 0 Å². The summed E-state index contributed by atoms with van der Waals surface area (Å²) in [6.45, 7) is 2.94. The fourth-order valence-corrected chi connectivity index (χ4v) is 2.35. The normalized spacial score (nSPS) is 21.7. The monoisotopic (exact) mass is 312 g/mol. The summed E-state index contributed by atoms with van der Waals surface area (Å²) in [5.74, 6) is 1.80. The van der Waals surface area contributed by atoms with E-state index in [1.54, 1.807) is 0 Å². The van der Waals surface area contributed by atoms with E-state index in [2.05, 4.69) is 24.3 Å². The molecular formula is C19H20O4. The standard InChI is InChI=1S/C19H20O4/c1-5-16(20-10-18-12-22-18)6-2-14(1)9-15-3-7-17(8-4-15)21-11-19-13-23-19/h1-8,18-19H,9-13H2/t18-,19+. The van der Waals surface area contributed by atoms with Crippen LogP contribution in [0.3, 0.4) is 0 Å². The maximum absolute atomic E-state index is 5.65. The van der Waals surface area contributed by atoms with Crippen molar-refractivity contribution in [3.63, 3.8) is 0 Å². The summed E-state index contributed by atoms with van der Waals surface area (Å²) in [7, 11) is 0. The zero-order valence-electron chi connectivity index (χ0n) is 12.9. The van der Waals surface area contributed by atoms with Crippen LogP contribution in [0.1, 0.15) is 11.1 Å². The van der Waals surface area contributed by atoms with Crippen molar-refractivity contribution in [3.05, 3.63) is 59.7 Å². The van der Waals surface area contributed by atoms with Crippen LogP contribution in [-0.2, 0) is 15.9 Å². The molecule has 2 atom stereocenters. The zero-order chi connectivity index (χ0) is 15.5. The molecule has 0 N–H and O–H groups in total. The van der Waals surface area contributed by atoms with E-state index in [4.69, 9.17) is 18.9 Å². The fourth-order valence-electron chi connectivity index (χ4n) is 2.35. The molecule has 2 aromatic carbocycles. The van der Waals surface area contributed by atoms with Gasteiger partial charge in [-0.1, -0.05) is 24.3 Å². The Labute approximate surface area is 135 Å². The molecule has 2 heterocycles. The second-order valence-electron chi connectivity index (χ2n) is 6.00. The fraction of sp³-hybridized carbons (Fsp3) is 0.368. The quantitative estimate of drug-likeness (QED) is 0.703. The van der Waals surface area contributed by atoms with Crippen LogP contribution in [0.4, 0.5) is 0 Å². The first-order valence-electron chi connectivity index (χ1n) is 8.02.